The molecular weight excluding hydrogens is 256 g/mol. The topological polar surface area (TPSA) is 65.2 Å². The van der Waals surface area contributed by atoms with Crippen LogP contribution in [0.3, 0.4) is 0 Å². The minimum atomic E-state index is 0.0600. The van der Waals surface area contributed by atoms with Crippen LogP contribution in [0.15, 0.2) is 28.8 Å². The van der Waals surface area contributed by atoms with Gasteiger partial charge in [-0.3, -0.25) is 4.79 Å². The number of aromatic nitrogens is 2. The van der Waals surface area contributed by atoms with Crippen LogP contribution < -0.4 is 4.74 Å². The molecule has 0 atom stereocenters. The van der Waals surface area contributed by atoms with Crippen molar-refractivity contribution in [2.75, 3.05) is 0 Å². The zero-order valence-electron chi connectivity index (χ0n) is 11.3. The summed E-state index contributed by atoms with van der Waals surface area (Å²) in [5.41, 5.74) is 0.594. The van der Waals surface area contributed by atoms with Gasteiger partial charge in [-0.15, -0.1) is 0 Å². The van der Waals surface area contributed by atoms with Gasteiger partial charge in [-0.05, 0) is 25.0 Å². The molecule has 1 aliphatic carbocycles. The van der Waals surface area contributed by atoms with E-state index in [9.17, 15) is 4.79 Å². The molecule has 0 radical (unpaired) electrons. The summed E-state index contributed by atoms with van der Waals surface area (Å²) in [4.78, 5) is 16.1. The lowest BCUT2D eigenvalue weighted by Crippen LogP contribution is -2.03. The molecule has 0 spiro atoms. The minimum absolute atomic E-state index is 0.0600. The van der Waals surface area contributed by atoms with E-state index < -0.39 is 0 Å². The monoisotopic (exact) mass is 272 g/mol. The van der Waals surface area contributed by atoms with Gasteiger partial charge in [-0.2, -0.15) is 4.98 Å². The average molecular weight is 272 g/mol. The molecule has 104 valence electrons. The molecule has 5 nitrogen and oxygen atoms in total. The molecular formula is C15H16N2O3. The molecule has 0 amide bonds. The van der Waals surface area contributed by atoms with Crippen molar-refractivity contribution in [1.29, 1.82) is 0 Å². The number of carbonyl (C=O) groups is 1. The zero-order chi connectivity index (χ0) is 13.9. The van der Waals surface area contributed by atoms with Gasteiger partial charge in [0.25, 0.3) is 5.89 Å². The number of benzene rings is 1. The first-order valence-corrected chi connectivity index (χ1v) is 6.85. The Labute approximate surface area is 116 Å². The van der Waals surface area contributed by atoms with E-state index in [-0.39, 0.29) is 12.4 Å². The van der Waals surface area contributed by atoms with Crippen molar-refractivity contribution < 1.29 is 14.1 Å². The normalized spacial score (nSPS) is 14.2. The van der Waals surface area contributed by atoms with Crippen LogP contribution >= 0.6 is 0 Å². The van der Waals surface area contributed by atoms with Crippen molar-refractivity contribution in [3.63, 3.8) is 0 Å². The molecule has 2 aromatic rings. The Morgan fingerprint density at radius 2 is 2.20 bits per heavy atom. The zero-order valence-corrected chi connectivity index (χ0v) is 11.3. The quantitative estimate of drug-likeness (QED) is 0.756. The molecule has 0 N–H and O–H groups in total. The summed E-state index contributed by atoms with van der Waals surface area (Å²) in [6.45, 7) is 2.02. The second kappa shape index (κ2) is 5.45. The van der Waals surface area contributed by atoms with Crippen molar-refractivity contribution in [3.8, 4) is 5.75 Å². The van der Waals surface area contributed by atoms with E-state index in [1.165, 1.54) is 0 Å². The maximum Gasteiger partial charge on any atom is 0.264 e. The van der Waals surface area contributed by atoms with Crippen molar-refractivity contribution in [3.05, 3.63) is 41.5 Å². The fourth-order valence-corrected chi connectivity index (χ4v) is 1.99. The van der Waals surface area contributed by atoms with Crippen molar-refractivity contribution >= 4 is 5.78 Å². The van der Waals surface area contributed by atoms with E-state index >= 15 is 0 Å². The summed E-state index contributed by atoms with van der Waals surface area (Å²) in [6.07, 6.45) is 2.72. The highest BCUT2D eigenvalue weighted by Crippen LogP contribution is 2.38. The van der Waals surface area contributed by atoms with Crippen molar-refractivity contribution in [1.82, 2.24) is 10.1 Å². The molecule has 1 aromatic carbocycles. The Hall–Kier alpha value is -2.17. The first kappa shape index (κ1) is 12.8. The third-order valence-corrected chi connectivity index (χ3v) is 3.29. The van der Waals surface area contributed by atoms with E-state index in [1.54, 1.807) is 12.1 Å². The van der Waals surface area contributed by atoms with E-state index in [0.717, 1.165) is 18.7 Å². The van der Waals surface area contributed by atoms with Crippen LogP contribution in [0, 0.1) is 0 Å². The minimum Gasteiger partial charge on any atom is -0.483 e. The highest BCUT2D eigenvalue weighted by Gasteiger charge is 2.28. The van der Waals surface area contributed by atoms with Gasteiger partial charge in [0.15, 0.2) is 18.2 Å². The molecule has 5 heteroatoms. The van der Waals surface area contributed by atoms with E-state index in [1.807, 2.05) is 19.1 Å². The molecule has 1 aliphatic rings. The summed E-state index contributed by atoms with van der Waals surface area (Å²) in [5, 5.41) is 3.93. The van der Waals surface area contributed by atoms with Crippen LogP contribution in [0.5, 0.6) is 5.75 Å². The van der Waals surface area contributed by atoms with Crippen LogP contribution in [-0.4, -0.2) is 15.9 Å². The Morgan fingerprint density at radius 3 is 2.95 bits per heavy atom. The Bertz CT molecular complexity index is 617. The van der Waals surface area contributed by atoms with Crippen LogP contribution in [0.1, 0.15) is 54.2 Å². The third kappa shape index (κ3) is 2.71. The fraction of sp³-hybridized carbons (Fsp3) is 0.400. The van der Waals surface area contributed by atoms with E-state index in [4.69, 9.17) is 9.26 Å². The predicted molar refractivity (Wildman–Crippen MR) is 71.7 cm³/mol. The maximum atomic E-state index is 11.8. The van der Waals surface area contributed by atoms with Gasteiger partial charge in [0.05, 0.1) is 5.56 Å². The lowest BCUT2D eigenvalue weighted by atomic mass is 10.1. The number of Topliss-reactive ketones (excluding diaryl/α,β-unsaturated/α-hetero) is 1. The first-order valence-electron chi connectivity index (χ1n) is 6.85. The number of rotatable bonds is 6. The average Bonchev–Trinajstić information content (AvgIpc) is 3.24. The van der Waals surface area contributed by atoms with Crippen molar-refractivity contribution in [2.24, 2.45) is 0 Å². The highest BCUT2D eigenvalue weighted by atomic mass is 16.5. The van der Waals surface area contributed by atoms with E-state index in [0.29, 0.717) is 29.5 Å². The fourth-order valence-electron chi connectivity index (χ4n) is 1.99. The maximum absolute atomic E-state index is 11.8. The highest BCUT2D eigenvalue weighted by molar-refractivity contribution is 5.98. The van der Waals surface area contributed by atoms with Crippen LogP contribution in [0.25, 0.3) is 0 Å². The third-order valence-electron chi connectivity index (χ3n) is 3.29. The molecule has 1 heterocycles. The number of nitrogens with zero attached hydrogens (tertiary/aromatic N) is 2. The number of ketones is 1. The standard InChI is InChI=1S/C15H16N2O3/c1-2-12(18)11-5-3-4-6-13(11)19-9-14-16-15(17-20-14)10-7-8-10/h3-6,10H,2,7-9H2,1H3. The lowest BCUT2D eigenvalue weighted by Gasteiger charge is -2.07. The molecule has 3 rings (SSSR count). The van der Waals surface area contributed by atoms with Gasteiger partial charge in [0.1, 0.15) is 5.75 Å². The van der Waals surface area contributed by atoms with Gasteiger partial charge < -0.3 is 9.26 Å². The van der Waals surface area contributed by atoms with Gasteiger partial charge in [-0.25, -0.2) is 0 Å². The van der Waals surface area contributed by atoms with Crippen molar-refractivity contribution in [2.45, 2.75) is 38.7 Å². The lowest BCUT2D eigenvalue weighted by molar-refractivity contribution is 0.0983. The van der Waals surface area contributed by atoms with E-state index in [2.05, 4.69) is 10.1 Å². The number of hydrogen-bond acceptors (Lipinski definition) is 5. The molecule has 1 aromatic heterocycles. The molecule has 0 saturated heterocycles. The summed E-state index contributed by atoms with van der Waals surface area (Å²) in [7, 11) is 0. The Balaban J connectivity index is 1.69. The molecule has 20 heavy (non-hydrogen) atoms. The Morgan fingerprint density at radius 1 is 1.40 bits per heavy atom. The molecule has 1 saturated carbocycles. The van der Waals surface area contributed by atoms with Crippen LogP contribution in [0.2, 0.25) is 0 Å². The smallest absolute Gasteiger partial charge is 0.264 e. The first-order chi connectivity index (χ1) is 9.78. The van der Waals surface area contributed by atoms with Gasteiger partial charge in [-0.1, -0.05) is 24.2 Å². The van der Waals surface area contributed by atoms with Gasteiger partial charge >= 0.3 is 0 Å². The molecule has 0 bridgehead atoms. The molecule has 0 aliphatic heterocycles. The largest absolute Gasteiger partial charge is 0.483 e. The van der Waals surface area contributed by atoms with Gasteiger partial charge in [0, 0.05) is 12.3 Å². The van der Waals surface area contributed by atoms with Gasteiger partial charge in [0.2, 0.25) is 0 Å². The summed E-state index contributed by atoms with van der Waals surface area (Å²) in [5.74, 6) is 2.30. The number of carbonyl (C=O) groups excluding carboxylic acids is 1. The summed E-state index contributed by atoms with van der Waals surface area (Å²) in [6, 6.07) is 7.21. The second-order valence-electron chi connectivity index (χ2n) is 4.88. The summed E-state index contributed by atoms with van der Waals surface area (Å²) < 4.78 is 10.8. The summed E-state index contributed by atoms with van der Waals surface area (Å²) >= 11 is 0. The Kier molecular flexibility index (Phi) is 3.50. The SMILES string of the molecule is CCC(=O)c1ccccc1OCc1nc(C2CC2)no1. The van der Waals surface area contributed by atoms with Crippen LogP contribution in [-0.2, 0) is 6.61 Å². The number of ether oxygens (including phenoxy) is 1. The molecule has 0 unspecified atom stereocenters. The number of para-hydroxylation sites is 1. The second-order valence-corrected chi connectivity index (χ2v) is 4.88. The van der Waals surface area contributed by atoms with Crippen LogP contribution in [0.4, 0.5) is 0 Å². The number of hydrogen-bond donors (Lipinski definition) is 0. The molecule has 1 fully saturated rings. The predicted octanol–water partition coefficient (Wildman–Crippen LogP) is 3.12.